The molecule has 0 atom stereocenters. The predicted octanol–water partition coefficient (Wildman–Crippen LogP) is 0.130. The summed E-state index contributed by atoms with van der Waals surface area (Å²) in [6.45, 7) is 1.09. The van der Waals surface area contributed by atoms with Crippen LogP contribution in [0, 0.1) is 0 Å². The molecule has 0 bridgehead atoms. The molecular formula is C9H16N4O2S2. The lowest BCUT2D eigenvalue weighted by Gasteiger charge is -2.19. The number of aryl methyl sites for hydroxylation is 1. The molecule has 2 N–H and O–H groups in total. The largest absolute Gasteiger partial charge is 0.381 e. The van der Waals surface area contributed by atoms with E-state index in [-0.39, 0.29) is 10.8 Å². The van der Waals surface area contributed by atoms with Gasteiger partial charge < -0.3 is 10.3 Å². The number of thioether (sulfide) groups is 1. The number of nitrogens with zero attached hydrogens (tertiary/aromatic N) is 3. The summed E-state index contributed by atoms with van der Waals surface area (Å²) in [5, 5.41) is 0.101. The van der Waals surface area contributed by atoms with Gasteiger partial charge in [0.15, 0.2) is 10.8 Å². The number of rotatable bonds is 2. The van der Waals surface area contributed by atoms with Gasteiger partial charge in [0.1, 0.15) is 0 Å². The molecule has 1 fully saturated rings. The van der Waals surface area contributed by atoms with Gasteiger partial charge in [0.2, 0.25) is 0 Å². The quantitative estimate of drug-likeness (QED) is 0.830. The minimum atomic E-state index is -3.51. The maximum absolute atomic E-state index is 12.4. The molecule has 0 unspecified atom stereocenters. The monoisotopic (exact) mass is 276 g/mol. The summed E-state index contributed by atoms with van der Waals surface area (Å²) in [6, 6.07) is 0. The molecule has 0 amide bonds. The van der Waals surface area contributed by atoms with Crippen LogP contribution in [0.1, 0.15) is 6.42 Å². The van der Waals surface area contributed by atoms with Gasteiger partial charge in [-0.25, -0.2) is 13.4 Å². The van der Waals surface area contributed by atoms with E-state index in [9.17, 15) is 8.42 Å². The van der Waals surface area contributed by atoms with Crippen LogP contribution in [0.15, 0.2) is 11.4 Å². The summed E-state index contributed by atoms with van der Waals surface area (Å²) in [6.07, 6.45) is 2.30. The Labute approximate surface area is 105 Å². The fraction of sp³-hybridized carbons (Fsp3) is 0.667. The Morgan fingerprint density at radius 2 is 2.18 bits per heavy atom. The van der Waals surface area contributed by atoms with Crippen LogP contribution in [0.2, 0.25) is 0 Å². The third kappa shape index (κ3) is 2.43. The van der Waals surface area contributed by atoms with Crippen molar-refractivity contribution in [3.05, 3.63) is 6.33 Å². The SMILES string of the molecule is Cn1cnc(N)c1S(=O)(=O)N1CCCSCC1. The highest BCUT2D eigenvalue weighted by Crippen LogP contribution is 2.23. The van der Waals surface area contributed by atoms with Crippen molar-refractivity contribution in [2.45, 2.75) is 11.4 Å². The molecule has 0 aliphatic carbocycles. The topological polar surface area (TPSA) is 81.2 Å². The smallest absolute Gasteiger partial charge is 0.262 e. The average Bonchev–Trinajstić information content (AvgIpc) is 2.53. The van der Waals surface area contributed by atoms with Crippen molar-refractivity contribution in [2.24, 2.45) is 7.05 Å². The molecule has 1 aromatic rings. The Morgan fingerprint density at radius 1 is 1.41 bits per heavy atom. The zero-order chi connectivity index (χ0) is 12.5. The van der Waals surface area contributed by atoms with Crippen molar-refractivity contribution >= 4 is 27.6 Å². The Morgan fingerprint density at radius 3 is 2.82 bits per heavy atom. The Hall–Kier alpha value is -0.730. The first kappa shape index (κ1) is 12.7. The second-order valence-corrected chi connectivity index (χ2v) is 6.99. The number of aromatic nitrogens is 2. The molecule has 0 radical (unpaired) electrons. The van der Waals surface area contributed by atoms with Crippen LogP contribution in [0.5, 0.6) is 0 Å². The molecule has 8 heteroatoms. The highest BCUT2D eigenvalue weighted by molar-refractivity contribution is 7.99. The van der Waals surface area contributed by atoms with Crippen LogP contribution >= 0.6 is 11.8 Å². The Bertz CT molecular complexity index is 470. The molecule has 1 saturated heterocycles. The lowest BCUT2D eigenvalue weighted by molar-refractivity contribution is 0.430. The second-order valence-electron chi connectivity index (χ2n) is 3.92. The Kier molecular flexibility index (Phi) is 3.64. The van der Waals surface area contributed by atoms with Gasteiger partial charge in [0, 0.05) is 25.9 Å². The van der Waals surface area contributed by atoms with Crippen molar-refractivity contribution in [3.8, 4) is 0 Å². The van der Waals surface area contributed by atoms with Crippen molar-refractivity contribution in [3.63, 3.8) is 0 Å². The zero-order valence-corrected chi connectivity index (χ0v) is 11.3. The minimum Gasteiger partial charge on any atom is -0.381 e. The van der Waals surface area contributed by atoms with Crippen molar-refractivity contribution in [1.29, 1.82) is 0 Å². The average molecular weight is 276 g/mol. The summed E-state index contributed by atoms with van der Waals surface area (Å²) in [5.41, 5.74) is 5.63. The van der Waals surface area contributed by atoms with Gasteiger partial charge in [0.05, 0.1) is 6.33 Å². The van der Waals surface area contributed by atoms with Crippen LogP contribution in [0.4, 0.5) is 5.82 Å². The molecule has 0 aromatic carbocycles. The Balaban J connectivity index is 2.35. The lowest BCUT2D eigenvalue weighted by atomic mass is 10.5. The van der Waals surface area contributed by atoms with Gasteiger partial charge in [-0.1, -0.05) is 0 Å². The van der Waals surface area contributed by atoms with E-state index >= 15 is 0 Å². The number of hydrogen-bond donors (Lipinski definition) is 1. The van der Waals surface area contributed by atoms with E-state index in [0.717, 1.165) is 17.9 Å². The maximum atomic E-state index is 12.4. The van der Waals surface area contributed by atoms with E-state index in [1.807, 2.05) is 0 Å². The van der Waals surface area contributed by atoms with E-state index in [2.05, 4.69) is 4.98 Å². The molecule has 2 heterocycles. The summed E-state index contributed by atoms with van der Waals surface area (Å²) < 4.78 is 27.8. The highest BCUT2D eigenvalue weighted by atomic mass is 32.2. The molecule has 2 rings (SSSR count). The molecule has 1 aliphatic rings. The third-order valence-corrected chi connectivity index (χ3v) is 5.75. The number of anilines is 1. The fourth-order valence-corrected chi connectivity index (χ4v) is 4.51. The van der Waals surface area contributed by atoms with Crippen LogP contribution in [0.25, 0.3) is 0 Å². The molecule has 6 nitrogen and oxygen atoms in total. The standard InChI is InChI=1S/C9H16N4O2S2/c1-12-7-11-8(10)9(12)17(14,15)13-3-2-5-16-6-4-13/h7H,2-6,10H2,1H3. The number of sulfonamides is 1. The molecule has 0 saturated carbocycles. The molecule has 17 heavy (non-hydrogen) atoms. The summed E-state index contributed by atoms with van der Waals surface area (Å²) >= 11 is 1.78. The third-order valence-electron chi connectivity index (χ3n) is 2.67. The van der Waals surface area contributed by atoms with E-state index < -0.39 is 10.0 Å². The molecule has 1 aromatic heterocycles. The van der Waals surface area contributed by atoms with Gasteiger partial charge in [-0.3, -0.25) is 0 Å². The first-order valence-electron chi connectivity index (χ1n) is 5.38. The molecule has 0 spiro atoms. The van der Waals surface area contributed by atoms with Crippen LogP contribution in [-0.4, -0.2) is 46.9 Å². The molecule has 1 aliphatic heterocycles. The predicted molar refractivity (Wildman–Crippen MR) is 68.3 cm³/mol. The van der Waals surface area contributed by atoms with Gasteiger partial charge in [-0.05, 0) is 12.2 Å². The van der Waals surface area contributed by atoms with Crippen molar-refractivity contribution in [1.82, 2.24) is 13.9 Å². The first-order valence-corrected chi connectivity index (χ1v) is 7.97. The van der Waals surface area contributed by atoms with E-state index in [0.29, 0.717) is 13.1 Å². The fourth-order valence-electron chi connectivity index (χ4n) is 1.84. The maximum Gasteiger partial charge on any atom is 0.262 e. The number of imidazole rings is 1. The van der Waals surface area contributed by atoms with Gasteiger partial charge in [-0.15, -0.1) is 0 Å². The van der Waals surface area contributed by atoms with E-state index in [1.165, 1.54) is 15.2 Å². The highest BCUT2D eigenvalue weighted by Gasteiger charge is 2.30. The van der Waals surface area contributed by atoms with Gasteiger partial charge in [-0.2, -0.15) is 16.1 Å². The zero-order valence-electron chi connectivity index (χ0n) is 9.66. The van der Waals surface area contributed by atoms with Gasteiger partial charge in [0.25, 0.3) is 10.0 Å². The number of hydrogen-bond acceptors (Lipinski definition) is 5. The lowest BCUT2D eigenvalue weighted by Crippen LogP contribution is -2.34. The summed E-state index contributed by atoms with van der Waals surface area (Å²) in [7, 11) is -1.87. The van der Waals surface area contributed by atoms with Crippen molar-refractivity contribution in [2.75, 3.05) is 30.3 Å². The van der Waals surface area contributed by atoms with Crippen molar-refractivity contribution < 1.29 is 8.42 Å². The second kappa shape index (κ2) is 4.87. The molecular weight excluding hydrogens is 260 g/mol. The van der Waals surface area contributed by atoms with E-state index in [4.69, 9.17) is 5.73 Å². The van der Waals surface area contributed by atoms with E-state index in [1.54, 1.807) is 18.8 Å². The van der Waals surface area contributed by atoms with Crippen LogP contribution < -0.4 is 5.73 Å². The normalized spacial score (nSPS) is 19.1. The first-order chi connectivity index (χ1) is 8.03. The van der Waals surface area contributed by atoms with Gasteiger partial charge >= 0.3 is 0 Å². The summed E-state index contributed by atoms with van der Waals surface area (Å²) in [4.78, 5) is 3.83. The number of nitrogen functional groups attached to an aromatic ring is 1. The number of nitrogens with two attached hydrogens (primary N) is 1. The minimum absolute atomic E-state index is 0.0735. The van der Waals surface area contributed by atoms with Crippen LogP contribution in [0.3, 0.4) is 0 Å². The molecule has 96 valence electrons. The van der Waals surface area contributed by atoms with Crippen LogP contribution in [-0.2, 0) is 17.1 Å². The summed E-state index contributed by atoms with van der Waals surface area (Å²) in [5.74, 6) is 1.91.